The molecule has 1 aliphatic rings. The Hall–Kier alpha value is -3.92. The van der Waals surface area contributed by atoms with E-state index >= 15 is 0 Å². The topological polar surface area (TPSA) is 102 Å². The van der Waals surface area contributed by atoms with Gasteiger partial charge in [0.15, 0.2) is 11.5 Å². The lowest BCUT2D eigenvalue weighted by Gasteiger charge is -2.43. The van der Waals surface area contributed by atoms with Crippen LogP contribution in [-0.2, 0) is 19.4 Å². The molecule has 210 valence electrons. The standard InChI is InChI=1S/C22H20F8N8O/c1-11-3-20(23,24)10-38(15(11)8-35-19-33-6-13(7-34-19)22(28,29)30)18(39)16-14(9-37(2)36-16)17-31-4-12(5-32-17)21(25,26)27/h4-7,9,11,15H,3,8,10H2,1-2H3,(H,33,34,35)/t11-,15-/m1/s1. The number of carbonyl (C=O) groups excluding carboxylic acids is 1. The molecule has 1 amide bonds. The van der Waals surface area contributed by atoms with Gasteiger partial charge >= 0.3 is 12.4 Å². The monoisotopic (exact) mass is 564 g/mol. The highest BCUT2D eigenvalue weighted by Crippen LogP contribution is 2.36. The first kappa shape index (κ1) is 28.1. The first-order valence-electron chi connectivity index (χ1n) is 11.3. The number of halogens is 8. The Bertz CT molecular complexity index is 1320. The smallest absolute Gasteiger partial charge is 0.352 e. The van der Waals surface area contributed by atoms with Crippen molar-refractivity contribution in [2.24, 2.45) is 13.0 Å². The number of rotatable bonds is 5. The van der Waals surface area contributed by atoms with Crippen LogP contribution >= 0.6 is 0 Å². The molecule has 0 bridgehead atoms. The Labute approximate surface area is 215 Å². The number of aromatic nitrogens is 6. The van der Waals surface area contributed by atoms with Crippen LogP contribution in [0.2, 0.25) is 0 Å². The highest BCUT2D eigenvalue weighted by molar-refractivity contribution is 5.98. The van der Waals surface area contributed by atoms with Gasteiger partial charge in [-0.1, -0.05) is 6.92 Å². The van der Waals surface area contributed by atoms with Crippen molar-refractivity contribution in [3.05, 3.63) is 47.8 Å². The number of hydrogen-bond acceptors (Lipinski definition) is 7. The maximum atomic E-state index is 14.6. The van der Waals surface area contributed by atoms with Crippen LogP contribution in [-0.4, -0.2) is 65.6 Å². The molecule has 3 aromatic rings. The molecule has 0 radical (unpaired) electrons. The van der Waals surface area contributed by atoms with Crippen molar-refractivity contribution >= 4 is 11.9 Å². The molecular formula is C22H20F8N8O. The Morgan fingerprint density at radius 1 is 1.00 bits per heavy atom. The zero-order valence-electron chi connectivity index (χ0n) is 20.2. The predicted octanol–water partition coefficient (Wildman–Crippen LogP) is 4.30. The van der Waals surface area contributed by atoms with Crippen molar-refractivity contribution in [3.63, 3.8) is 0 Å². The minimum Gasteiger partial charge on any atom is -0.352 e. The molecule has 0 unspecified atom stereocenters. The lowest BCUT2D eigenvalue weighted by atomic mass is 9.88. The van der Waals surface area contributed by atoms with Crippen molar-refractivity contribution in [1.29, 1.82) is 0 Å². The first-order valence-corrected chi connectivity index (χ1v) is 11.3. The number of carbonyl (C=O) groups is 1. The summed E-state index contributed by atoms with van der Waals surface area (Å²) in [6, 6.07) is -0.897. The number of anilines is 1. The number of amides is 1. The third-order valence-corrected chi connectivity index (χ3v) is 6.04. The molecule has 3 aromatic heterocycles. The summed E-state index contributed by atoms with van der Waals surface area (Å²) in [5.41, 5.74) is -2.64. The summed E-state index contributed by atoms with van der Waals surface area (Å²) in [7, 11) is 1.42. The summed E-state index contributed by atoms with van der Waals surface area (Å²) in [5.74, 6) is -5.49. The molecular weight excluding hydrogens is 544 g/mol. The third-order valence-electron chi connectivity index (χ3n) is 6.04. The van der Waals surface area contributed by atoms with E-state index in [0.717, 1.165) is 4.90 Å². The molecule has 0 aliphatic carbocycles. The van der Waals surface area contributed by atoms with Crippen LogP contribution in [0.15, 0.2) is 31.0 Å². The fourth-order valence-electron chi connectivity index (χ4n) is 4.20. The Kier molecular flexibility index (Phi) is 7.20. The molecule has 2 atom stereocenters. The quantitative estimate of drug-likeness (QED) is 0.461. The van der Waals surface area contributed by atoms with Crippen LogP contribution < -0.4 is 5.32 Å². The van der Waals surface area contributed by atoms with E-state index in [1.807, 2.05) is 0 Å². The summed E-state index contributed by atoms with van der Waals surface area (Å²) >= 11 is 0. The predicted molar refractivity (Wildman–Crippen MR) is 118 cm³/mol. The fourth-order valence-corrected chi connectivity index (χ4v) is 4.20. The molecule has 1 fully saturated rings. The fraction of sp³-hybridized carbons (Fsp3) is 0.455. The number of piperidine rings is 1. The Morgan fingerprint density at radius 3 is 2.08 bits per heavy atom. The van der Waals surface area contributed by atoms with Crippen molar-refractivity contribution < 1.29 is 39.9 Å². The van der Waals surface area contributed by atoms with Gasteiger partial charge in [-0.3, -0.25) is 9.48 Å². The molecule has 4 heterocycles. The van der Waals surface area contributed by atoms with Gasteiger partial charge in [-0.2, -0.15) is 31.4 Å². The van der Waals surface area contributed by atoms with Crippen LogP contribution in [0.5, 0.6) is 0 Å². The second-order valence-corrected chi connectivity index (χ2v) is 9.07. The minimum atomic E-state index is -4.70. The summed E-state index contributed by atoms with van der Waals surface area (Å²) in [6.07, 6.45) is -6.49. The van der Waals surface area contributed by atoms with Gasteiger partial charge in [-0.25, -0.2) is 28.7 Å². The van der Waals surface area contributed by atoms with Gasteiger partial charge in [0.1, 0.15) is 0 Å². The van der Waals surface area contributed by atoms with Crippen molar-refractivity contribution in [1.82, 2.24) is 34.6 Å². The number of aryl methyl sites for hydroxylation is 1. The van der Waals surface area contributed by atoms with Gasteiger partial charge in [0, 0.05) is 51.0 Å². The number of likely N-dealkylation sites (tertiary alicyclic amines) is 1. The average molecular weight is 564 g/mol. The van der Waals surface area contributed by atoms with E-state index in [4.69, 9.17) is 0 Å². The zero-order valence-corrected chi connectivity index (χ0v) is 20.2. The molecule has 1 aliphatic heterocycles. The first-order chi connectivity index (χ1) is 18.0. The molecule has 0 aromatic carbocycles. The van der Waals surface area contributed by atoms with Crippen LogP contribution in [0.1, 0.15) is 35.0 Å². The van der Waals surface area contributed by atoms with Gasteiger partial charge in [-0.05, 0) is 5.92 Å². The maximum Gasteiger partial charge on any atom is 0.419 e. The minimum absolute atomic E-state index is 0.0736. The van der Waals surface area contributed by atoms with E-state index in [-0.39, 0.29) is 29.6 Å². The summed E-state index contributed by atoms with van der Waals surface area (Å²) in [6.45, 7) is 0.291. The third kappa shape index (κ3) is 6.22. The Morgan fingerprint density at radius 2 is 1.54 bits per heavy atom. The molecule has 0 spiro atoms. The Balaban J connectivity index is 1.61. The van der Waals surface area contributed by atoms with E-state index in [2.05, 4.69) is 30.4 Å². The van der Waals surface area contributed by atoms with Crippen LogP contribution in [0.25, 0.3) is 11.4 Å². The molecule has 1 N–H and O–H groups in total. The SMILES string of the molecule is C[C@@H]1CC(F)(F)CN(C(=O)c2nn(C)cc2-c2ncc(C(F)(F)F)cn2)[C@@H]1CNc1ncc(C(F)(F)F)cn1. The normalized spacial score (nSPS) is 19.7. The van der Waals surface area contributed by atoms with Crippen LogP contribution in [0.4, 0.5) is 41.1 Å². The summed E-state index contributed by atoms with van der Waals surface area (Å²) in [4.78, 5) is 28.9. The van der Waals surface area contributed by atoms with Crippen LogP contribution in [0, 0.1) is 5.92 Å². The lowest BCUT2D eigenvalue weighted by Crippen LogP contribution is -2.57. The molecule has 1 saturated heterocycles. The highest BCUT2D eigenvalue weighted by Gasteiger charge is 2.47. The van der Waals surface area contributed by atoms with Gasteiger partial charge < -0.3 is 10.2 Å². The zero-order chi connectivity index (χ0) is 28.8. The van der Waals surface area contributed by atoms with Gasteiger partial charge in [0.2, 0.25) is 5.95 Å². The molecule has 0 saturated carbocycles. The van der Waals surface area contributed by atoms with Gasteiger partial charge in [0.25, 0.3) is 11.8 Å². The number of alkyl halides is 8. The van der Waals surface area contributed by atoms with Crippen LogP contribution in [0.3, 0.4) is 0 Å². The second kappa shape index (κ2) is 10.00. The lowest BCUT2D eigenvalue weighted by molar-refractivity contribution is -0.138. The van der Waals surface area contributed by atoms with E-state index in [1.54, 1.807) is 0 Å². The van der Waals surface area contributed by atoms with E-state index in [9.17, 15) is 39.9 Å². The number of nitrogens with zero attached hydrogens (tertiary/aromatic N) is 7. The van der Waals surface area contributed by atoms with Crippen molar-refractivity contribution in [2.75, 3.05) is 18.4 Å². The molecule has 17 heteroatoms. The highest BCUT2D eigenvalue weighted by atomic mass is 19.4. The van der Waals surface area contributed by atoms with Crippen molar-refractivity contribution in [2.45, 2.75) is 37.7 Å². The molecule has 39 heavy (non-hydrogen) atoms. The molecule has 4 rings (SSSR count). The van der Waals surface area contributed by atoms with E-state index in [0.29, 0.717) is 24.8 Å². The maximum absolute atomic E-state index is 14.6. The van der Waals surface area contributed by atoms with Gasteiger partial charge in [-0.15, -0.1) is 0 Å². The number of hydrogen-bond donors (Lipinski definition) is 1. The average Bonchev–Trinajstić information content (AvgIpc) is 3.23. The summed E-state index contributed by atoms with van der Waals surface area (Å²) in [5, 5.41) is 6.69. The van der Waals surface area contributed by atoms with Gasteiger partial charge in [0.05, 0.1) is 29.3 Å². The van der Waals surface area contributed by atoms with E-state index < -0.39 is 60.2 Å². The van der Waals surface area contributed by atoms with E-state index in [1.165, 1.54) is 24.9 Å². The summed E-state index contributed by atoms with van der Waals surface area (Å²) < 4.78 is 107. The second-order valence-electron chi connectivity index (χ2n) is 9.07. The largest absolute Gasteiger partial charge is 0.419 e. The number of nitrogens with one attached hydrogen (secondary N) is 1. The van der Waals surface area contributed by atoms with Crippen molar-refractivity contribution in [3.8, 4) is 11.4 Å². The molecule has 9 nitrogen and oxygen atoms in total.